The highest BCUT2D eigenvalue weighted by Gasteiger charge is 2.19. The zero-order chi connectivity index (χ0) is 15.9. The maximum absolute atomic E-state index is 12.8. The van der Waals surface area contributed by atoms with E-state index >= 15 is 0 Å². The van der Waals surface area contributed by atoms with Crippen LogP contribution in [0.4, 0.5) is 0 Å². The summed E-state index contributed by atoms with van der Waals surface area (Å²) in [6.45, 7) is 0. The highest BCUT2D eigenvalue weighted by atomic mass is 16.5. The van der Waals surface area contributed by atoms with Crippen LogP contribution in [-0.2, 0) is 0 Å². The number of rotatable bonds is 3. The molecule has 6 nitrogen and oxygen atoms in total. The lowest BCUT2D eigenvalue weighted by molar-refractivity contribution is 0.353. The second-order valence-electron chi connectivity index (χ2n) is 4.72. The third kappa shape index (κ3) is 1.84. The minimum absolute atomic E-state index is 0.0136. The predicted octanol–water partition coefficient (Wildman–Crippen LogP) is 2.41. The molecular weight excluding hydrogens is 286 g/mol. The van der Waals surface area contributed by atoms with Gasteiger partial charge in [-0.05, 0) is 12.1 Å². The Kier molecular flexibility index (Phi) is 3.29. The number of aromatic hydroxyl groups is 1. The molecule has 0 saturated heterocycles. The van der Waals surface area contributed by atoms with Gasteiger partial charge in [-0.2, -0.15) is 0 Å². The van der Waals surface area contributed by atoms with Gasteiger partial charge in [0.2, 0.25) is 5.43 Å². The van der Waals surface area contributed by atoms with Gasteiger partial charge < -0.3 is 24.3 Å². The highest BCUT2D eigenvalue weighted by Crippen LogP contribution is 2.40. The molecule has 2 N–H and O–H groups in total. The van der Waals surface area contributed by atoms with E-state index in [9.17, 15) is 9.90 Å². The molecule has 6 heteroatoms. The van der Waals surface area contributed by atoms with E-state index in [1.807, 2.05) is 0 Å². The number of hydrogen-bond donors (Lipinski definition) is 2. The topological polar surface area (TPSA) is 80.8 Å². The minimum Gasteiger partial charge on any atom is -0.506 e. The predicted molar refractivity (Wildman–Crippen MR) is 83.4 cm³/mol. The van der Waals surface area contributed by atoms with Crippen LogP contribution in [-0.4, -0.2) is 31.4 Å². The molecule has 0 amide bonds. The number of hydrogen-bond acceptors (Lipinski definition) is 5. The molecule has 0 spiro atoms. The van der Waals surface area contributed by atoms with Crippen LogP contribution in [0.5, 0.6) is 23.0 Å². The molecule has 0 bridgehead atoms. The van der Waals surface area contributed by atoms with Crippen LogP contribution in [0, 0.1) is 0 Å². The molecule has 3 aromatic rings. The number of para-hydroxylation sites is 1. The summed E-state index contributed by atoms with van der Waals surface area (Å²) in [5.74, 6) is 1.16. The largest absolute Gasteiger partial charge is 0.506 e. The standard InChI is InChI=1S/C16H15NO5/c1-20-10-7-11(21-2)16(22-3)14-12(10)15(19)8-5-4-6-9(18)13(8)17-14/h4-7,18H,1-3H3,(H,17,19). The molecule has 0 atom stereocenters. The van der Waals surface area contributed by atoms with Crippen LogP contribution < -0.4 is 19.6 Å². The number of phenolic OH excluding ortho intramolecular Hbond substituents is 1. The molecule has 0 fully saturated rings. The molecule has 0 radical (unpaired) electrons. The van der Waals surface area contributed by atoms with E-state index in [0.717, 1.165) is 0 Å². The van der Waals surface area contributed by atoms with Crippen molar-refractivity contribution in [2.45, 2.75) is 0 Å². The van der Waals surface area contributed by atoms with Gasteiger partial charge in [-0.25, -0.2) is 0 Å². The van der Waals surface area contributed by atoms with E-state index in [1.54, 1.807) is 18.2 Å². The van der Waals surface area contributed by atoms with E-state index in [0.29, 0.717) is 39.1 Å². The lowest BCUT2D eigenvalue weighted by atomic mass is 10.1. The molecule has 22 heavy (non-hydrogen) atoms. The van der Waals surface area contributed by atoms with Crippen molar-refractivity contribution in [2.75, 3.05) is 21.3 Å². The van der Waals surface area contributed by atoms with Crippen LogP contribution in [0.2, 0.25) is 0 Å². The summed E-state index contributed by atoms with van der Waals surface area (Å²) >= 11 is 0. The molecular formula is C16H15NO5. The molecule has 0 aliphatic rings. The monoisotopic (exact) mass is 301 g/mol. The number of ether oxygens (including phenoxy) is 3. The summed E-state index contributed by atoms with van der Waals surface area (Å²) in [5, 5.41) is 10.7. The lowest BCUT2D eigenvalue weighted by Crippen LogP contribution is -2.08. The summed E-state index contributed by atoms with van der Waals surface area (Å²) < 4.78 is 16.0. The summed E-state index contributed by atoms with van der Waals surface area (Å²) in [5.41, 5.74) is 0.503. The molecule has 0 aliphatic carbocycles. The Morgan fingerprint density at radius 1 is 1.00 bits per heavy atom. The second-order valence-corrected chi connectivity index (χ2v) is 4.72. The van der Waals surface area contributed by atoms with Crippen LogP contribution >= 0.6 is 0 Å². The molecule has 3 rings (SSSR count). The van der Waals surface area contributed by atoms with E-state index in [1.165, 1.54) is 27.4 Å². The number of methoxy groups -OCH3 is 3. The first-order chi connectivity index (χ1) is 10.6. The van der Waals surface area contributed by atoms with E-state index in [2.05, 4.69) is 4.98 Å². The maximum Gasteiger partial charge on any atom is 0.201 e. The highest BCUT2D eigenvalue weighted by molar-refractivity contribution is 6.01. The van der Waals surface area contributed by atoms with Crippen LogP contribution in [0.25, 0.3) is 21.8 Å². The average Bonchev–Trinajstić information content (AvgIpc) is 2.54. The Balaban J connectivity index is 2.62. The molecule has 1 aromatic heterocycles. The number of fused-ring (bicyclic) bond motifs is 2. The van der Waals surface area contributed by atoms with Gasteiger partial charge in [-0.1, -0.05) is 6.07 Å². The molecule has 1 heterocycles. The van der Waals surface area contributed by atoms with Gasteiger partial charge in [-0.3, -0.25) is 4.79 Å². The van der Waals surface area contributed by atoms with Gasteiger partial charge in [0.25, 0.3) is 0 Å². The average molecular weight is 301 g/mol. The SMILES string of the molecule is COc1cc(OC)c2c(=O)c3cccc(O)c3[nH]c2c1OC. The molecule has 0 aliphatic heterocycles. The first kappa shape index (κ1) is 14.1. The Morgan fingerprint density at radius 2 is 1.73 bits per heavy atom. The Hall–Kier alpha value is -2.89. The van der Waals surface area contributed by atoms with Crippen molar-refractivity contribution in [1.82, 2.24) is 4.98 Å². The minimum atomic E-state index is -0.252. The molecule has 0 saturated carbocycles. The molecule has 114 valence electrons. The van der Waals surface area contributed by atoms with Crippen molar-refractivity contribution >= 4 is 21.8 Å². The van der Waals surface area contributed by atoms with Gasteiger partial charge in [0.15, 0.2) is 11.5 Å². The quantitative estimate of drug-likeness (QED) is 0.726. The summed E-state index contributed by atoms with van der Waals surface area (Å²) in [6.07, 6.45) is 0. The van der Waals surface area contributed by atoms with E-state index < -0.39 is 0 Å². The lowest BCUT2D eigenvalue weighted by Gasteiger charge is -2.14. The van der Waals surface area contributed by atoms with Crippen LogP contribution in [0.1, 0.15) is 0 Å². The normalized spacial score (nSPS) is 10.9. The molecule has 2 aromatic carbocycles. The number of pyridine rings is 1. The van der Waals surface area contributed by atoms with Crippen molar-refractivity contribution in [3.63, 3.8) is 0 Å². The fourth-order valence-corrected chi connectivity index (χ4v) is 2.60. The maximum atomic E-state index is 12.8. The fourth-order valence-electron chi connectivity index (χ4n) is 2.60. The van der Waals surface area contributed by atoms with Crippen molar-refractivity contribution < 1.29 is 19.3 Å². The van der Waals surface area contributed by atoms with Gasteiger partial charge in [0.1, 0.15) is 17.0 Å². The Bertz CT molecular complexity index is 929. The Labute approximate surface area is 125 Å². The van der Waals surface area contributed by atoms with E-state index in [-0.39, 0.29) is 11.2 Å². The Morgan fingerprint density at radius 3 is 2.36 bits per heavy atom. The van der Waals surface area contributed by atoms with Crippen molar-refractivity contribution in [1.29, 1.82) is 0 Å². The summed E-state index contributed by atoms with van der Waals surface area (Å²) in [6, 6.07) is 6.37. The first-order valence-electron chi connectivity index (χ1n) is 6.59. The smallest absolute Gasteiger partial charge is 0.201 e. The van der Waals surface area contributed by atoms with E-state index in [4.69, 9.17) is 14.2 Å². The van der Waals surface area contributed by atoms with Gasteiger partial charge in [0.05, 0.1) is 37.6 Å². The van der Waals surface area contributed by atoms with Gasteiger partial charge in [-0.15, -0.1) is 0 Å². The van der Waals surface area contributed by atoms with Gasteiger partial charge in [0, 0.05) is 6.07 Å². The molecule has 0 unspecified atom stereocenters. The van der Waals surface area contributed by atoms with Crippen LogP contribution in [0.15, 0.2) is 29.1 Å². The first-order valence-corrected chi connectivity index (χ1v) is 6.59. The van der Waals surface area contributed by atoms with Crippen LogP contribution in [0.3, 0.4) is 0 Å². The summed E-state index contributed by atoms with van der Waals surface area (Å²) in [4.78, 5) is 15.8. The fraction of sp³-hybridized carbons (Fsp3) is 0.188. The van der Waals surface area contributed by atoms with Crippen molar-refractivity contribution in [2.24, 2.45) is 0 Å². The number of H-pyrrole nitrogens is 1. The zero-order valence-electron chi connectivity index (χ0n) is 12.4. The summed E-state index contributed by atoms with van der Waals surface area (Å²) in [7, 11) is 4.46. The van der Waals surface area contributed by atoms with Crippen molar-refractivity contribution in [3.05, 3.63) is 34.5 Å². The number of phenols is 1. The van der Waals surface area contributed by atoms with Crippen molar-refractivity contribution in [3.8, 4) is 23.0 Å². The zero-order valence-corrected chi connectivity index (χ0v) is 12.4. The second kappa shape index (κ2) is 5.14. The third-order valence-corrected chi connectivity index (χ3v) is 3.62. The number of benzene rings is 2. The third-order valence-electron chi connectivity index (χ3n) is 3.62. The number of aromatic amines is 1. The van der Waals surface area contributed by atoms with Gasteiger partial charge >= 0.3 is 0 Å². The number of aromatic nitrogens is 1. The number of nitrogens with one attached hydrogen (secondary N) is 1.